The van der Waals surface area contributed by atoms with Crippen molar-refractivity contribution in [3.63, 3.8) is 0 Å². The Kier molecular flexibility index (Phi) is 2.92. The average molecular weight is 230 g/mol. The monoisotopic (exact) mass is 230 g/mol. The van der Waals surface area contributed by atoms with E-state index in [0.29, 0.717) is 5.92 Å². The van der Waals surface area contributed by atoms with E-state index in [0.717, 1.165) is 23.2 Å². The third-order valence-corrected chi connectivity index (χ3v) is 5.78. The van der Waals surface area contributed by atoms with Gasteiger partial charge in [0.05, 0.1) is 0 Å². The Balaban J connectivity index is 1.66. The van der Waals surface area contributed by atoms with Crippen molar-refractivity contribution < 1.29 is 0 Å². The van der Waals surface area contributed by atoms with Crippen LogP contribution in [0.5, 0.6) is 0 Å². The van der Waals surface area contributed by atoms with Crippen LogP contribution in [0.1, 0.15) is 51.4 Å². The van der Waals surface area contributed by atoms with Gasteiger partial charge in [-0.1, -0.05) is 12.2 Å². The zero-order valence-electron chi connectivity index (χ0n) is 11.0. The summed E-state index contributed by atoms with van der Waals surface area (Å²) in [5.74, 6) is 3.81. The first-order valence-corrected chi connectivity index (χ1v) is 7.48. The number of rotatable bonds is 5. The van der Waals surface area contributed by atoms with E-state index in [1.165, 1.54) is 12.8 Å². The summed E-state index contributed by atoms with van der Waals surface area (Å²) in [4.78, 5) is 0. The topological polar surface area (TPSA) is 0 Å². The van der Waals surface area contributed by atoms with Gasteiger partial charge in [0.15, 0.2) is 0 Å². The van der Waals surface area contributed by atoms with Gasteiger partial charge >= 0.3 is 0 Å². The number of hydrogen-bond acceptors (Lipinski definition) is 0. The maximum atomic E-state index is 3.93. The van der Waals surface area contributed by atoms with Crippen molar-refractivity contribution in [3.8, 4) is 0 Å². The normalized spacial score (nSPS) is 43.0. The zero-order chi connectivity index (χ0) is 11.9. The molecule has 0 N–H and O–H groups in total. The van der Waals surface area contributed by atoms with Crippen molar-refractivity contribution in [2.24, 2.45) is 29.1 Å². The quantitative estimate of drug-likeness (QED) is 0.585. The molecular weight excluding hydrogens is 204 g/mol. The van der Waals surface area contributed by atoms with E-state index in [1.807, 2.05) is 0 Å². The molecule has 0 aromatic heterocycles. The first-order chi connectivity index (χ1) is 8.23. The molecule has 0 amide bonds. The molecule has 17 heavy (non-hydrogen) atoms. The summed E-state index contributed by atoms with van der Waals surface area (Å²) in [5.41, 5.74) is 0.735. The van der Waals surface area contributed by atoms with E-state index in [9.17, 15) is 0 Å². The van der Waals surface area contributed by atoms with Gasteiger partial charge in [0.25, 0.3) is 0 Å². The summed E-state index contributed by atoms with van der Waals surface area (Å²) >= 11 is 0. The van der Waals surface area contributed by atoms with Gasteiger partial charge < -0.3 is 0 Å². The van der Waals surface area contributed by atoms with Crippen molar-refractivity contribution in [1.82, 2.24) is 0 Å². The molecular formula is C17H26. The lowest BCUT2D eigenvalue weighted by atomic mass is 9.48. The van der Waals surface area contributed by atoms with Gasteiger partial charge in [-0.15, -0.1) is 13.2 Å². The van der Waals surface area contributed by atoms with Crippen LogP contribution in [0.4, 0.5) is 0 Å². The fraction of sp³-hybridized carbons (Fsp3) is 0.765. The van der Waals surface area contributed by atoms with Crippen LogP contribution in [0.15, 0.2) is 25.3 Å². The molecule has 0 heterocycles. The molecule has 0 aromatic carbocycles. The Hall–Kier alpha value is -0.520. The second-order valence-corrected chi connectivity index (χ2v) is 7.09. The van der Waals surface area contributed by atoms with Crippen LogP contribution in [0, 0.1) is 29.1 Å². The molecule has 4 saturated carbocycles. The van der Waals surface area contributed by atoms with Gasteiger partial charge in [-0.05, 0) is 80.5 Å². The predicted octanol–water partition coefficient (Wildman–Crippen LogP) is 4.97. The second kappa shape index (κ2) is 4.30. The largest absolute Gasteiger partial charge is 0.102 e. The lowest BCUT2D eigenvalue weighted by Crippen LogP contribution is -2.46. The van der Waals surface area contributed by atoms with Crippen LogP contribution in [0.2, 0.25) is 0 Å². The minimum atomic E-state index is 0.544. The summed E-state index contributed by atoms with van der Waals surface area (Å²) in [5, 5.41) is 0. The summed E-state index contributed by atoms with van der Waals surface area (Å²) in [7, 11) is 0. The Morgan fingerprint density at radius 1 is 0.941 bits per heavy atom. The van der Waals surface area contributed by atoms with Crippen LogP contribution in [0.25, 0.3) is 0 Å². The number of allylic oxidation sites excluding steroid dienone is 2. The molecule has 4 aliphatic carbocycles. The van der Waals surface area contributed by atoms with E-state index in [4.69, 9.17) is 0 Å². The molecule has 0 nitrogen and oxygen atoms in total. The highest BCUT2D eigenvalue weighted by atomic mass is 14.5. The van der Waals surface area contributed by atoms with Crippen LogP contribution in [-0.4, -0.2) is 0 Å². The van der Waals surface area contributed by atoms with E-state index < -0.39 is 0 Å². The molecule has 0 aromatic rings. The smallest absolute Gasteiger partial charge is 0.00587 e. The molecule has 0 heteroatoms. The minimum absolute atomic E-state index is 0.544. The van der Waals surface area contributed by atoms with Crippen LogP contribution in [0.3, 0.4) is 0 Å². The maximum Gasteiger partial charge on any atom is -0.00587 e. The molecule has 4 rings (SSSR count). The van der Waals surface area contributed by atoms with Crippen molar-refractivity contribution in [1.29, 1.82) is 0 Å². The Morgan fingerprint density at radius 2 is 1.41 bits per heavy atom. The maximum absolute atomic E-state index is 3.93. The molecule has 4 fully saturated rings. The molecule has 0 atom stereocenters. The molecule has 4 aliphatic rings. The van der Waals surface area contributed by atoms with E-state index >= 15 is 0 Å². The molecule has 0 aliphatic heterocycles. The minimum Gasteiger partial charge on any atom is -0.102 e. The van der Waals surface area contributed by atoms with Crippen LogP contribution in [-0.2, 0) is 0 Å². The van der Waals surface area contributed by atoms with Crippen molar-refractivity contribution in [3.05, 3.63) is 25.3 Å². The predicted molar refractivity (Wildman–Crippen MR) is 73.7 cm³/mol. The third-order valence-electron chi connectivity index (χ3n) is 5.78. The van der Waals surface area contributed by atoms with Gasteiger partial charge in [-0.25, -0.2) is 0 Å². The molecule has 0 saturated heterocycles. The Labute approximate surface area is 106 Å². The van der Waals surface area contributed by atoms with Gasteiger partial charge in [-0.3, -0.25) is 0 Å². The highest BCUT2D eigenvalue weighted by Crippen LogP contribution is 2.61. The zero-order valence-corrected chi connectivity index (χ0v) is 11.0. The number of hydrogen-bond donors (Lipinski definition) is 0. The van der Waals surface area contributed by atoms with Crippen LogP contribution >= 0.6 is 0 Å². The molecule has 94 valence electrons. The van der Waals surface area contributed by atoms with E-state index in [2.05, 4.69) is 25.3 Å². The highest BCUT2D eigenvalue weighted by molar-refractivity contribution is 5.02. The SMILES string of the molecule is C=CC(C=C)CCC12CC3CC(CC(C3)C1)C2. The van der Waals surface area contributed by atoms with Gasteiger partial charge in [0.1, 0.15) is 0 Å². The first kappa shape index (κ1) is 11.6. The molecule has 4 bridgehead atoms. The highest BCUT2D eigenvalue weighted by Gasteiger charge is 2.50. The fourth-order valence-electron chi connectivity index (χ4n) is 5.40. The molecule has 0 spiro atoms. The standard InChI is InChI=1S/C17H26/c1-3-13(4-2)5-6-17-10-14-7-15(11-17)9-16(8-14)12-17/h3-4,13-16H,1-2,5-12H2. The van der Waals surface area contributed by atoms with E-state index in [1.54, 1.807) is 38.5 Å². The summed E-state index contributed by atoms with van der Waals surface area (Å²) in [6, 6.07) is 0. The van der Waals surface area contributed by atoms with E-state index in [-0.39, 0.29) is 0 Å². The molecule has 0 radical (unpaired) electrons. The van der Waals surface area contributed by atoms with Crippen molar-refractivity contribution in [2.75, 3.05) is 0 Å². The Bertz CT molecular complexity index is 269. The fourth-order valence-corrected chi connectivity index (χ4v) is 5.40. The van der Waals surface area contributed by atoms with Crippen LogP contribution < -0.4 is 0 Å². The Morgan fingerprint density at radius 3 is 1.82 bits per heavy atom. The lowest BCUT2D eigenvalue weighted by molar-refractivity contribution is -0.0588. The molecule has 0 unspecified atom stereocenters. The summed E-state index contributed by atoms with van der Waals surface area (Å²) < 4.78 is 0. The first-order valence-electron chi connectivity index (χ1n) is 7.48. The third kappa shape index (κ3) is 2.11. The average Bonchev–Trinajstić information content (AvgIpc) is 2.28. The van der Waals surface area contributed by atoms with Crippen molar-refractivity contribution >= 4 is 0 Å². The van der Waals surface area contributed by atoms with Gasteiger partial charge in [0, 0.05) is 0 Å². The summed E-state index contributed by atoms with van der Waals surface area (Å²) in [6.45, 7) is 7.85. The van der Waals surface area contributed by atoms with Gasteiger partial charge in [-0.2, -0.15) is 0 Å². The lowest BCUT2D eigenvalue weighted by Gasteiger charge is -2.57. The second-order valence-electron chi connectivity index (χ2n) is 7.09. The van der Waals surface area contributed by atoms with Crippen molar-refractivity contribution in [2.45, 2.75) is 51.4 Å². The van der Waals surface area contributed by atoms with Gasteiger partial charge in [0.2, 0.25) is 0 Å². The summed E-state index contributed by atoms with van der Waals surface area (Å²) in [6.07, 6.45) is 16.2.